The van der Waals surface area contributed by atoms with E-state index < -0.39 is 5.97 Å². The molecular formula is C14H10ClNO2. The third-order valence-electron chi connectivity index (χ3n) is 2.37. The maximum Gasteiger partial charge on any atom is 0.336 e. The molecule has 4 heteroatoms. The van der Waals surface area contributed by atoms with Gasteiger partial charge in [-0.3, -0.25) is 4.98 Å². The number of halogens is 1. The molecule has 0 atom stereocenters. The van der Waals surface area contributed by atoms with Crippen LogP contribution in [0.25, 0.3) is 11.6 Å². The van der Waals surface area contributed by atoms with Crippen LogP contribution in [0.5, 0.6) is 0 Å². The summed E-state index contributed by atoms with van der Waals surface area (Å²) in [6.45, 7) is 0. The number of carboxylic acid groups (broad SMARTS) is 1. The van der Waals surface area contributed by atoms with Gasteiger partial charge in [-0.15, -0.1) is 0 Å². The Morgan fingerprint density at radius 1 is 1.17 bits per heavy atom. The lowest BCUT2D eigenvalue weighted by atomic mass is 10.0. The van der Waals surface area contributed by atoms with Crippen LogP contribution in [0, 0.1) is 0 Å². The van der Waals surface area contributed by atoms with E-state index in [-0.39, 0.29) is 5.57 Å². The highest BCUT2D eigenvalue weighted by Gasteiger charge is 2.10. The Balaban J connectivity index is 2.44. The van der Waals surface area contributed by atoms with Crippen LogP contribution >= 0.6 is 11.6 Å². The Hall–Kier alpha value is -2.13. The van der Waals surface area contributed by atoms with E-state index in [9.17, 15) is 9.90 Å². The number of rotatable bonds is 3. The second-order valence-corrected chi connectivity index (χ2v) is 4.06. The van der Waals surface area contributed by atoms with Crippen LogP contribution < -0.4 is 0 Å². The molecule has 90 valence electrons. The fourth-order valence-electron chi connectivity index (χ4n) is 1.51. The second-order valence-electron chi connectivity index (χ2n) is 3.62. The monoisotopic (exact) mass is 259 g/mol. The van der Waals surface area contributed by atoms with Crippen LogP contribution in [0.15, 0.2) is 48.7 Å². The first kappa shape index (κ1) is 12.3. The average molecular weight is 260 g/mol. The summed E-state index contributed by atoms with van der Waals surface area (Å²) in [5.41, 5.74) is 1.38. The minimum absolute atomic E-state index is 0.186. The molecule has 2 aromatic rings. The van der Waals surface area contributed by atoms with E-state index in [0.29, 0.717) is 16.3 Å². The van der Waals surface area contributed by atoms with E-state index in [1.165, 1.54) is 6.08 Å². The number of aliphatic carboxylic acids is 1. The lowest BCUT2D eigenvalue weighted by Crippen LogP contribution is -1.99. The van der Waals surface area contributed by atoms with Crippen molar-refractivity contribution in [3.05, 3.63) is 64.9 Å². The normalized spacial score (nSPS) is 11.3. The number of aromatic nitrogens is 1. The Morgan fingerprint density at radius 2 is 1.89 bits per heavy atom. The standard InChI is InChI=1S/C14H10ClNO2/c15-11-6-4-10(5-7-11)13(14(17)18)9-12-3-1-2-8-16-12/h1-9H,(H,17,18)/b13-9+. The van der Waals surface area contributed by atoms with Crippen molar-refractivity contribution in [2.24, 2.45) is 0 Å². The van der Waals surface area contributed by atoms with Gasteiger partial charge in [0, 0.05) is 11.2 Å². The van der Waals surface area contributed by atoms with Crippen LogP contribution in [0.4, 0.5) is 0 Å². The summed E-state index contributed by atoms with van der Waals surface area (Å²) in [5.74, 6) is -0.997. The smallest absolute Gasteiger partial charge is 0.336 e. The highest BCUT2D eigenvalue weighted by molar-refractivity contribution is 6.30. The van der Waals surface area contributed by atoms with Crippen LogP contribution in [0.3, 0.4) is 0 Å². The molecule has 0 unspecified atom stereocenters. The largest absolute Gasteiger partial charge is 0.478 e. The van der Waals surface area contributed by atoms with E-state index in [0.717, 1.165) is 0 Å². The van der Waals surface area contributed by atoms with Gasteiger partial charge in [0.2, 0.25) is 0 Å². The molecule has 0 radical (unpaired) electrons. The summed E-state index contributed by atoms with van der Waals surface area (Å²) in [7, 11) is 0. The van der Waals surface area contributed by atoms with E-state index >= 15 is 0 Å². The number of carbonyl (C=O) groups is 1. The molecule has 3 nitrogen and oxygen atoms in total. The van der Waals surface area contributed by atoms with Crippen LogP contribution in [0.1, 0.15) is 11.3 Å². The number of hydrogen-bond donors (Lipinski definition) is 1. The molecule has 1 aromatic heterocycles. The average Bonchev–Trinajstić information content (AvgIpc) is 2.38. The number of nitrogens with zero attached hydrogens (tertiary/aromatic N) is 1. The zero-order chi connectivity index (χ0) is 13.0. The highest BCUT2D eigenvalue weighted by Crippen LogP contribution is 2.20. The number of hydrogen-bond acceptors (Lipinski definition) is 2. The van der Waals surface area contributed by atoms with Gasteiger partial charge in [0.15, 0.2) is 0 Å². The summed E-state index contributed by atoms with van der Waals surface area (Å²) in [6.07, 6.45) is 3.15. The first-order valence-corrected chi connectivity index (χ1v) is 5.66. The van der Waals surface area contributed by atoms with Crippen molar-refractivity contribution in [1.82, 2.24) is 4.98 Å². The fourth-order valence-corrected chi connectivity index (χ4v) is 1.63. The topological polar surface area (TPSA) is 50.2 Å². The Labute approximate surface area is 109 Å². The van der Waals surface area contributed by atoms with Crippen LogP contribution in [-0.4, -0.2) is 16.1 Å². The van der Waals surface area contributed by atoms with Crippen molar-refractivity contribution in [3.63, 3.8) is 0 Å². The molecule has 0 fully saturated rings. The fraction of sp³-hybridized carbons (Fsp3) is 0. The van der Waals surface area contributed by atoms with Gasteiger partial charge in [0.25, 0.3) is 0 Å². The van der Waals surface area contributed by atoms with Gasteiger partial charge in [0.1, 0.15) is 0 Å². The van der Waals surface area contributed by atoms with Crippen LogP contribution in [-0.2, 0) is 4.79 Å². The molecular weight excluding hydrogens is 250 g/mol. The van der Waals surface area contributed by atoms with E-state index in [1.807, 2.05) is 0 Å². The second kappa shape index (κ2) is 5.47. The minimum Gasteiger partial charge on any atom is -0.478 e. The molecule has 18 heavy (non-hydrogen) atoms. The molecule has 2 rings (SSSR count). The van der Waals surface area contributed by atoms with Gasteiger partial charge < -0.3 is 5.11 Å². The molecule has 0 saturated carbocycles. The van der Waals surface area contributed by atoms with Crippen molar-refractivity contribution in [2.45, 2.75) is 0 Å². The molecule has 1 aromatic carbocycles. The molecule has 0 saturated heterocycles. The molecule has 0 aliphatic rings. The SMILES string of the molecule is O=C(O)/C(=C/c1ccccn1)c1ccc(Cl)cc1. The maximum atomic E-state index is 11.3. The van der Waals surface area contributed by atoms with Gasteiger partial charge >= 0.3 is 5.97 Å². The van der Waals surface area contributed by atoms with Gasteiger partial charge in [-0.05, 0) is 35.9 Å². The van der Waals surface area contributed by atoms with Crippen molar-refractivity contribution >= 4 is 29.2 Å². The summed E-state index contributed by atoms with van der Waals surface area (Å²) in [5, 5.41) is 9.80. The molecule has 0 spiro atoms. The highest BCUT2D eigenvalue weighted by atomic mass is 35.5. The van der Waals surface area contributed by atoms with E-state index in [1.54, 1.807) is 48.7 Å². The maximum absolute atomic E-state index is 11.3. The molecule has 1 heterocycles. The summed E-state index contributed by atoms with van der Waals surface area (Å²) in [6, 6.07) is 12.0. The molecule has 0 bridgehead atoms. The minimum atomic E-state index is -0.997. The van der Waals surface area contributed by atoms with E-state index in [4.69, 9.17) is 11.6 Å². The van der Waals surface area contributed by atoms with Gasteiger partial charge in [-0.1, -0.05) is 29.8 Å². The van der Waals surface area contributed by atoms with Crippen molar-refractivity contribution in [2.75, 3.05) is 0 Å². The lowest BCUT2D eigenvalue weighted by molar-refractivity contribution is -0.130. The van der Waals surface area contributed by atoms with Gasteiger partial charge in [-0.2, -0.15) is 0 Å². The zero-order valence-electron chi connectivity index (χ0n) is 9.38. The summed E-state index contributed by atoms with van der Waals surface area (Å²) in [4.78, 5) is 15.3. The first-order valence-electron chi connectivity index (χ1n) is 5.29. The third-order valence-corrected chi connectivity index (χ3v) is 2.62. The molecule has 0 aliphatic carbocycles. The molecule has 0 amide bonds. The predicted molar refractivity (Wildman–Crippen MR) is 71.2 cm³/mol. The van der Waals surface area contributed by atoms with Crippen molar-refractivity contribution < 1.29 is 9.90 Å². The lowest BCUT2D eigenvalue weighted by Gasteiger charge is -2.03. The van der Waals surface area contributed by atoms with Gasteiger partial charge in [-0.25, -0.2) is 4.79 Å². The van der Waals surface area contributed by atoms with Gasteiger partial charge in [0.05, 0.1) is 11.3 Å². The quantitative estimate of drug-likeness (QED) is 0.860. The Bertz CT molecular complexity index is 577. The Morgan fingerprint density at radius 3 is 2.44 bits per heavy atom. The third kappa shape index (κ3) is 2.96. The Kier molecular flexibility index (Phi) is 3.75. The molecule has 1 N–H and O–H groups in total. The van der Waals surface area contributed by atoms with Crippen molar-refractivity contribution in [3.8, 4) is 0 Å². The number of pyridine rings is 1. The number of carboxylic acids is 1. The zero-order valence-corrected chi connectivity index (χ0v) is 10.1. The number of benzene rings is 1. The summed E-state index contributed by atoms with van der Waals surface area (Å²) >= 11 is 5.78. The predicted octanol–water partition coefficient (Wildman–Crippen LogP) is 3.36. The first-order chi connectivity index (χ1) is 8.66. The van der Waals surface area contributed by atoms with Crippen LogP contribution in [0.2, 0.25) is 5.02 Å². The van der Waals surface area contributed by atoms with E-state index in [2.05, 4.69) is 4.98 Å². The summed E-state index contributed by atoms with van der Waals surface area (Å²) < 4.78 is 0. The van der Waals surface area contributed by atoms with Crippen molar-refractivity contribution in [1.29, 1.82) is 0 Å². The molecule has 0 aliphatic heterocycles.